The molecule has 1 atom stereocenters. The quantitative estimate of drug-likeness (QED) is 0.617. The smallest absolute Gasteiger partial charge is 0.149 e. The first-order chi connectivity index (χ1) is 7.20. The minimum atomic E-state index is -3.26. The van der Waals surface area contributed by atoms with Crippen LogP contribution in [0.15, 0.2) is 16.6 Å². The van der Waals surface area contributed by atoms with Crippen LogP contribution in [-0.2, 0) is 9.84 Å². The van der Waals surface area contributed by atoms with Gasteiger partial charge in [0.25, 0.3) is 0 Å². The molecule has 0 aliphatic rings. The lowest BCUT2D eigenvalue weighted by atomic mass is 10.1. The molecule has 90 valence electrons. The van der Waals surface area contributed by atoms with Gasteiger partial charge >= 0.3 is 0 Å². The van der Waals surface area contributed by atoms with Crippen LogP contribution in [0.5, 0.6) is 0 Å². The van der Waals surface area contributed by atoms with Gasteiger partial charge < -0.3 is 0 Å². The second-order valence-electron chi connectivity index (χ2n) is 3.35. The van der Waals surface area contributed by atoms with Gasteiger partial charge in [-0.05, 0) is 28.1 Å². The number of benzene rings is 1. The van der Waals surface area contributed by atoms with Crippen molar-refractivity contribution in [3.63, 3.8) is 0 Å². The van der Waals surface area contributed by atoms with Gasteiger partial charge in [0.1, 0.15) is 15.7 Å². The highest BCUT2D eigenvalue weighted by molar-refractivity contribution is 9.10. The van der Waals surface area contributed by atoms with Crippen LogP contribution in [0.1, 0.15) is 10.9 Å². The van der Waals surface area contributed by atoms with E-state index in [0.717, 1.165) is 12.3 Å². The lowest BCUT2D eigenvalue weighted by Gasteiger charge is -2.10. The second kappa shape index (κ2) is 5.21. The fraction of sp³-hybridized carbons (Fsp3) is 0.333. The van der Waals surface area contributed by atoms with E-state index in [0.29, 0.717) is 4.47 Å². The van der Waals surface area contributed by atoms with Crippen LogP contribution in [0.4, 0.5) is 4.39 Å². The highest BCUT2D eigenvalue weighted by atomic mass is 79.9. The van der Waals surface area contributed by atoms with Gasteiger partial charge in [0.15, 0.2) is 0 Å². The molecule has 0 radical (unpaired) electrons. The molecule has 0 heterocycles. The van der Waals surface area contributed by atoms with Gasteiger partial charge in [-0.3, -0.25) is 0 Å². The van der Waals surface area contributed by atoms with Crippen molar-refractivity contribution < 1.29 is 12.8 Å². The van der Waals surface area contributed by atoms with Crippen LogP contribution in [0.2, 0.25) is 5.02 Å². The minimum Gasteiger partial charge on any atom is -0.229 e. The first-order valence-corrected chi connectivity index (χ1v) is 7.83. The van der Waals surface area contributed by atoms with Crippen LogP contribution in [0, 0.1) is 5.82 Å². The van der Waals surface area contributed by atoms with Crippen molar-refractivity contribution in [1.29, 1.82) is 0 Å². The fourth-order valence-corrected chi connectivity index (χ4v) is 3.19. The summed E-state index contributed by atoms with van der Waals surface area (Å²) in [4.78, 5) is 0. The number of halogens is 4. The predicted octanol–water partition coefficient (Wildman–Crippen LogP) is 3.57. The Morgan fingerprint density at radius 3 is 2.56 bits per heavy atom. The average molecular weight is 350 g/mol. The lowest BCUT2D eigenvalue weighted by molar-refractivity contribution is 0.594. The third-order valence-electron chi connectivity index (χ3n) is 1.83. The maximum Gasteiger partial charge on any atom is 0.149 e. The SMILES string of the molecule is CS(=O)(=O)CC(Cl)c1cc(Cl)c(Br)cc1F. The molecule has 7 heteroatoms. The maximum atomic E-state index is 13.5. The van der Waals surface area contributed by atoms with E-state index in [9.17, 15) is 12.8 Å². The van der Waals surface area contributed by atoms with E-state index >= 15 is 0 Å². The number of hydrogen-bond acceptors (Lipinski definition) is 2. The molecule has 0 fully saturated rings. The number of rotatable bonds is 3. The van der Waals surface area contributed by atoms with Crippen LogP contribution in [0.25, 0.3) is 0 Å². The largest absolute Gasteiger partial charge is 0.229 e. The Kier molecular flexibility index (Phi) is 4.63. The monoisotopic (exact) mass is 348 g/mol. The van der Waals surface area contributed by atoms with Gasteiger partial charge in [0, 0.05) is 16.3 Å². The number of hydrogen-bond donors (Lipinski definition) is 0. The Morgan fingerprint density at radius 1 is 1.50 bits per heavy atom. The summed E-state index contributed by atoms with van der Waals surface area (Å²) in [5, 5.41) is -0.656. The molecule has 1 aromatic carbocycles. The van der Waals surface area contributed by atoms with Crippen LogP contribution in [0.3, 0.4) is 0 Å². The first-order valence-electron chi connectivity index (χ1n) is 4.17. The normalized spacial score (nSPS) is 13.8. The molecule has 0 N–H and O–H groups in total. The molecule has 0 saturated carbocycles. The number of sulfone groups is 1. The van der Waals surface area contributed by atoms with E-state index in [2.05, 4.69) is 15.9 Å². The van der Waals surface area contributed by atoms with Gasteiger partial charge in [-0.25, -0.2) is 12.8 Å². The number of alkyl halides is 1. The molecular weight excluding hydrogens is 342 g/mol. The zero-order chi connectivity index (χ0) is 12.5. The zero-order valence-electron chi connectivity index (χ0n) is 8.18. The molecule has 1 unspecified atom stereocenters. The summed E-state index contributed by atoms with van der Waals surface area (Å²) in [5.74, 6) is -0.913. The Bertz CT molecular complexity index is 504. The first kappa shape index (κ1) is 14.2. The van der Waals surface area contributed by atoms with Gasteiger partial charge in [-0.2, -0.15) is 0 Å². The minimum absolute atomic E-state index is 0.0836. The van der Waals surface area contributed by atoms with Crippen LogP contribution < -0.4 is 0 Å². The van der Waals surface area contributed by atoms with Gasteiger partial charge in [0.2, 0.25) is 0 Å². The molecule has 0 saturated heterocycles. The second-order valence-corrected chi connectivity index (χ2v) is 7.32. The summed E-state index contributed by atoms with van der Waals surface area (Å²) in [6.07, 6.45) is 1.04. The van der Waals surface area contributed by atoms with Crippen molar-refractivity contribution in [3.8, 4) is 0 Å². The van der Waals surface area contributed by atoms with E-state index in [4.69, 9.17) is 23.2 Å². The maximum absolute atomic E-state index is 13.5. The summed E-state index contributed by atoms with van der Waals surface area (Å²) in [5.41, 5.74) is 0.0836. The highest BCUT2D eigenvalue weighted by Crippen LogP contribution is 2.31. The molecule has 0 bridgehead atoms. The zero-order valence-corrected chi connectivity index (χ0v) is 12.1. The molecule has 1 rings (SSSR count). The van der Waals surface area contributed by atoms with Crippen molar-refractivity contribution in [2.75, 3.05) is 12.0 Å². The summed E-state index contributed by atoms with van der Waals surface area (Å²) in [6.45, 7) is 0. The third-order valence-corrected chi connectivity index (χ3v) is 4.53. The Balaban J connectivity index is 3.09. The molecular formula is C9H8BrCl2FO2S. The standard InChI is InChI=1S/C9H8BrCl2FO2S/c1-16(14,15)4-8(12)5-2-7(11)6(10)3-9(5)13/h2-3,8H,4H2,1H3. The van der Waals surface area contributed by atoms with Crippen LogP contribution >= 0.6 is 39.1 Å². The van der Waals surface area contributed by atoms with E-state index in [1.165, 1.54) is 6.07 Å². The van der Waals surface area contributed by atoms with E-state index < -0.39 is 21.0 Å². The summed E-state index contributed by atoms with van der Waals surface area (Å²) >= 11 is 14.7. The Morgan fingerprint density at radius 2 is 2.06 bits per heavy atom. The molecule has 0 aromatic heterocycles. The molecule has 0 aliphatic carbocycles. The third kappa shape index (κ3) is 3.87. The molecule has 1 aromatic rings. The fourth-order valence-electron chi connectivity index (χ4n) is 1.13. The molecule has 0 spiro atoms. The molecule has 16 heavy (non-hydrogen) atoms. The Labute approximate surface area is 112 Å². The van der Waals surface area contributed by atoms with E-state index in [1.54, 1.807) is 0 Å². The predicted molar refractivity (Wildman–Crippen MR) is 67.4 cm³/mol. The van der Waals surface area contributed by atoms with Gasteiger partial charge in [0.05, 0.1) is 16.2 Å². The highest BCUT2D eigenvalue weighted by Gasteiger charge is 2.19. The van der Waals surface area contributed by atoms with E-state index in [-0.39, 0.29) is 16.3 Å². The molecule has 0 amide bonds. The summed E-state index contributed by atoms with van der Waals surface area (Å²) < 4.78 is 35.9. The Hall–Kier alpha value is 0.160. The average Bonchev–Trinajstić information content (AvgIpc) is 2.08. The van der Waals surface area contributed by atoms with Crippen molar-refractivity contribution in [3.05, 3.63) is 33.0 Å². The summed E-state index contributed by atoms with van der Waals surface area (Å²) in [6, 6.07) is 2.49. The van der Waals surface area contributed by atoms with Crippen molar-refractivity contribution in [1.82, 2.24) is 0 Å². The molecule has 2 nitrogen and oxygen atoms in total. The summed E-state index contributed by atoms with van der Waals surface area (Å²) in [7, 11) is -3.26. The van der Waals surface area contributed by atoms with Crippen molar-refractivity contribution in [2.45, 2.75) is 5.38 Å². The van der Waals surface area contributed by atoms with Crippen molar-refractivity contribution in [2.24, 2.45) is 0 Å². The molecule has 0 aliphatic heterocycles. The lowest BCUT2D eigenvalue weighted by Crippen LogP contribution is -2.10. The van der Waals surface area contributed by atoms with Crippen molar-refractivity contribution >= 4 is 49.0 Å². The van der Waals surface area contributed by atoms with Crippen LogP contribution in [-0.4, -0.2) is 20.4 Å². The van der Waals surface area contributed by atoms with Gasteiger partial charge in [-0.1, -0.05) is 11.6 Å². The van der Waals surface area contributed by atoms with E-state index in [1.807, 2.05) is 0 Å². The topological polar surface area (TPSA) is 34.1 Å². The van der Waals surface area contributed by atoms with Gasteiger partial charge in [-0.15, -0.1) is 11.6 Å².